The van der Waals surface area contributed by atoms with Crippen molar-refractivity contribution in [1.29, 1.82) is 0 Å². The number of rotatable bonds is 4. The summed E-state index contributed by atoms with van der Waals surface area (Å²) in [6.07, 6.45) is 2.78. The highest BCUT2D eigenvalue weighted by atomic mass is 35.5. The van der Waals surface area contributed by atoms with Crippen LogP contribution in [0.15, 0.2) is 15.7 Å². The fraction of sp³-hybridized carbons (Fsp3) is 0.556. The summed E-state index contributed by atoms with van der Waals surface area (Å²) < 4.78 is 1.17. The summed E-state index contributed by atoms with van der Waals surface area (Å²) in [6, 6.07) is 1.21. The van der Waals surface area contributed by atoms with Crippen molar-refractivity contribution in [3.8, 4) is 0 Å². The lowest BCUT2D eigenvalue weighted by Crippen LogP contribution is -2.35. The first-order valence-corrected chi connectivity index (χ1v) is 6.23. The predicted octanol–water partition coefficient (Wildman–Crippen LogP) is 1.33. The smallest absolute Gasteiger partial charge is 0.298 e. The quantitative estimate of drug-likeness (QED) is 0.818. The van der Waals surface area contributed by atoms with Crippen molar-refractivity contribution in [1.82, 2.24) is 9.55 Å². The third-order valence-electron chi connectivity index (χ3n) is 2.15. The van der Waals surface area contributed by atoms with Gasteiger partial charge < -0.3 is 0 Å². The second kappa shape index (κ2) is 5.42. The van der Waals surface area contributed by atoms with E-state index in [-0.39, 0.29) is 10.7 Å². The van der Waals surface area contributed by atoms with Crippen LogP contribution >= 0.6 is 23.4 Å². The van der Waals surface area contributed by atoms with Crippen LogP contribution < -0.4 is 11.2 Å². The number of hydrogen-bond acceptors (Lipinski definition) is 3. The standard InChI is InChI=1S/C9H13ClN2O2S/c1-6(15-2)3-4-12-8(13)5-7(10)11-9(12)14/h5-6H,3-4H2,1-2H3,(H,11,14). The molecule has 6 heteroatoms. The molecule has 1 aromatic rings. The Kier molecular flexibility index (Phi) is 4.47. The van der Waals surface area contributed by atoms with E-state index >= 15 is 0 Å². The van der Waals surface area contributed by atoms with Crippen LogP contribution in [-0.4, -0.2) is 21.1 Å². The van der Waals surface area contributed by atoms with Gasteiger partial charge in [0.15, 0.2) is 0 Å². The summed E-state index contributed by atoms with van der Waals surface area (Å²) in [7, 11) is 0. The first-order chi connectivity index (χ1) is 7.04. The van der Waals surface area contributed by atoms with Gasteiger partial charge in [0.05, 0.1) is 0 Å². The van der Waals surface area contributed by atoms with Gasteiger partial charge >= 0.3 is 5.69 Å². The zero-order valence-electron chi connectivity index (χ0n) is 8.62. The zero-order valence-corrected chi connectivity index (χ0v) is 10.2. The number of aromatic nitrogens is 2. The van der Waals surface area contributed by atoms with Crippen LogP contribution in [-0.2, 0) is 6.54 Å². The zero-order chi connectivity index (χ0) is 11.4. The number of hydrogen-bond donors (Lipinski definition) is 1. The molecule has 1 unspecified atom stereocenters. The van der Waals surface area contributed by atoms with E-state index in [1.807, 2.05) is 6.26 Å². The molecular weight excluding hydrogens is 236 g/mol. The molecule has 1 rings (SSSR count). The lowest BCUT2D eigenvalue weighted by Gasteiger charge is -2.08. The summed E-state index contributed by atoms with van der Waals surface area (Å²) >= 11 is 7.24. The topological polar surface area (TPSA) is 54.9 Å². The molecule has 1 N–H and O–H groups in total. The Balaban J connectivity index is 2.87. The minimum Gasteiger partial charge on any atom is -0.298 e. The van der Waals surface area contributed by atoms with E-state index in [1.54, 1.807) is 11.8 Å². The molecule has 0 fully saturated rings. The molecule has 1 aromatic heterocycles. The van der Waals surface area contributed by atoms with Gasteiger partial charge in [0.2, 0.25) is 0 Å². The van der Waals surface area contributed by atoms with Crippen molar-refractivity contribution >= 4 is 23.4 Å². The lowest BCUT2D eigenvalue weighted by molar-refractivity contribution is 0.589. The van der Waals surface area contributed by atoms with Crippen LogP contribution in [0, 0.1) is 0 Å². The molecule has 0 aliphatic rings. The van der Waals surface area contributed by atoms with Crippen LogP contribution in [0.1, 0.15) is 13.3 Å². The lowest BCUT2D eigenvalue weighted by atomic mass is 10.3. The molecular formula is C9H13ClN2O2S. The van der Waals surface area contributed by atoms with Crippen LogP contribution in [0.3, 0.4) is 0 Å². The van der Waals surface area contributed by atoms with Crippen LogP contribution in [0.2, 0.25) is 5.15 Å². The number of nitrogens with one attached hydrogen (secondary N) is 1. The molecule has 0 aromatic carbocycles. The average Bonchev–Trinajstić information content (AvgIpc) is 2.15. The first kappa shape index (κ1) is 12.4. The van der Waals surface area contributed by atoms with Crippen molar-refractivity contribution in [2.45, 2.75) is 25.1 Å². The van der Waals surface area contributed by atoms with Gasteiger partial charge in [-0.3, -0.25) is 14.3 Å². The minimum absolute atomic E-state index is 0.0826. The van der Waals surface area contributed by atoms with Crippen molar-refractivity contribution in [3.05, 3.63) is 32.1 Å². The molecule has 0 spiro atoms. The molecule has 0 saturated carbocycles. The summed E-state index contributed by atoms with van der Waals surface area (Å²) in [4.78, 5) is 25.2. The monoisotopic (exact) mass is 248 g/mol. The fourth-order valence-corrected chi connectivity index (χ4v) is 1.65. The van der Waals surface area contributed by atoms with E-state index in [1.165, 1.54) is 10.6 Å². The van der Waals surface area contributed by atoms with Gasteiger partial charge in [0.1, 0.15) is 5.15 Å². The molecule has 0 saturated heterocycles. The number of H-pyrrole nitrogens is 1. The van der Waals surface area contributed by atoms with E-state index in [2.05, 4.69) is 11.9 Å². The molecule has 0 bridgehead atoms. The van der Waals surface area contributed by atoms with Gasteiger partial charge in [0.25, 0.3) is 5.56 Å². The molecule has 84 valence electrons. The van der Waals surface area contributed by atoms with Gasteiger partial charge in [-0.1, -0.05) is 18.5 Å². The van der Waals surface area contributed by atoms with E-state index in [0.29, 0.717) is 11.8 Å². The highest BCUT2D eigenvalue weighted by Gasteiger charge is 2.05. The van der Waals surface area contributed by atoms with Crippen molar-refractivity contribution in [3.63, 3.8) is 0 Å². The van der Waals surface area contributed by atoms with Gasteiger partial charge in [0, 0.05) is 17.9 Å². The molecule has 1 atom stereocenters. The van der Waals surface area contributed by atoms with Crippen LogP contribution in [0.25, 0.3) is 0 Å². The molecule has 0 aliphatic heterocycles. The van der Waals surface area contributed by atoms with Gasteiger partial charge in [-0.15, -0.1) is 0 Å². The van der Waals surface area contributed by atoms with E-state index < -0.39 is 5.69 Å². The SMILES string of the molecule is CSC(C)CCn1c(=O)cc(Cl)[nH]c1=O. The Morgan fingerprint density at radius 3 is 2.80 bits per heavy atom. The minimum atomic E-state index is -0.444. The Morgan fingerprint density at radius 1 is 1.60 bits per heavy atom. The van der Waals surface area contributed by atoms with Gasteiger partial charge in [-0.05, 0) is 12.7 Å². The maximum atomic E-state index is 11.4. The van der Waals surface area contributed by atoms with E-state index in [4.69, 9.17) is 11.6 Å². The van der Waals surface area contributed by atoms with E-state index in [0.717, 1.165) is 6.42 Å². The molecule has 0 amide bonds. The fourth-order valence-electron chi connectivity index (χ4n) is 1.13. The maximum Gasteiger partial charge on any atom is 0.329 e. The largest absolute Gasteiger partial charge is 0.329 e. The predicted molar refractivity (Wildman–Crippen MR) is 63.9 cm³/mol. The number of halogens is 1. The summed E-state index contributed by atoms with van der Waals surface area (Å²) in [5, 5.41) is 0.506. The average molecular weight is 249 g/mol. The van der Waals surface area contributed by atoms with Crippen molar-refractivity contribution < 1.29 is 0 Å². The summed E-state index contributed by atoms with van der Waals surface area (Å²) in [5.74, 6) is 0. The highest BCUT2D eigenvalue weighted by molar-refractivity contribution is 7.99. The highest BCUT2D eigenvalue weighted by Crippen LogP contribution is 2.09. The summed E-state index contributed by atoms with van der Waals surface area (Å²) in [5.41, 5.74) is -0.794. The summed E-state index contributed by atoms with van der Waals surface area (Å²) in [6.45, 7) is 2.48. The first-order valence-electron chi connectivity index (χ1n) is 4.57. The maximum absolute atomic E-state index is 11.4. The Bertz CT molecular complexity index is 409. The normalized spacial score (nSPS) is 12.7. The molecule has 1 heterocycles. The Labute approximate surface area is 96.7 Å². The Morgan fingerprint density at radius 2 is 2.27 bits per heavy atom. The Hall–Kier alpha value is -0.680. The van der Waals surface area contributed by atoms with Gasteiger partial charge in [-0.25, -0.2) is 4.79 Å². The second-order valence-corrected chi connectivity index (χ2v) is 4.93. The number of thioether (sulfide) groups is 1. The molecule has 0 radical (unpaired) electrons. The van der Waals surface area contributed by atoms with Crippen molar-refractivity contribution in [2.24, 2.45) is 0 Å². The second-order valence-electron chi connectivity index (χ2n) is 3.25. The van der Waals surface area contributed by atoms with Gasteiger partial charge in [-0.2, -0.15) is 11.8 Å². The molecule has 4 nitrogen and oxygen atoms in total. The van der Waals surface area contributed by atoms with E-state index in [9.17, 15) is 9.59 Å². The number of aromatic amines is 1. The third-order valence-corrected chi connectivity index (χ3v) is 3.39. The molecule has 15 heavy (non-hydrogen) atoms. The third kappa shape index (κ3) is 3.43. The van der Waals surface area contributed by atoms with Crippen molar-refractivity contribution in [2.75, 3.05) is 6.26 Å². The van der Waals surface area contributed by atoms with Crippen LogP contribution in [0.5, 0.6) is 0 Å². The van der Waals surface area contributed by atoms with Crippen LogP contribution in [0.4, 0.5) is 0 Å². The molecule has 0 aliphatic carbocycles. The number of nitrogens with zero attached hydrogens (tertiary/aromatic N) is 1.